The monoisotopic (exact) mass is 511 g/mol. The molecule has 0 radical (unpaired) electrons. The molecule has 2 aromatic carbocycles. The van der Waals surface area contributed by atoms with Crippen molar-refractivity contribution in [2.75, 3.05) is 11.9 Å². The molecular formula is C21H23BrClN3O5. The first-order valence-corrected chi connectivity index (χ1v) is 10.7. The van der Waals surface area contributed by atoms with E-state index >= 15 is 0 Å². The molecule has 8 nitrogen and oxygen atoms in total. The Labute approximate surface area is 193 Å². The van der Waals surface area contributed by atoms with E-state index in [1.54, 1.807) is 42.5 Å². The Morgan fingerprint density at radius 3 is 2.35 bits per heavy atom. The number of anilines is 1. The third kappa shape index (κ3) is 8.47. The Kier molecular flexibility index (Phi) is 9.61. The van der Waals surface area contributed by atoms with Gasteiger partial charge in [-0.3, -0.25) is 25.2 Å². The molecular weight excluding hydrogens is 490 g/mol. The Hall–Kier alpha value is -2.78. The van der Waals surface area contributed by atoms with Crippen molar-refractivity contribution in [2.45, 2.75) is 32.8 Å². The highest BCUT2D eigenvalue weighted by Gasteiger charge is 2.17. The number of hydrazine groups is 1. The molecule has 3 amide bonds. The third-order valence-corrected chi connectivity index (χ3v) is 4.78. The molecule has 3 N–H and O–H groups in total. The minimum absolute atomic E-state index is 0.0430. The summed E-state index contributed by atoms with van der Waals surface area (Å²) in [7, 11) is 0. The van der Waals surface area contributed by atoms with Crippen molar-refractivity contribution in [1.29, 1.82) is 0 Å². The second-order valence-corrected chi connectivity index (χ2v) is 7.67. The zero-order chi connectivity index (χ0) is 22.8. The zero-order valence-electron chi connectivity index (χ0n) is 17.0. The average molecular weight is 513 g/mol. The maximum absolute atomic E-state index is 12.1. The highest BCUT2D eigenvalue weighted by molar-refractivity contribution is 9.10. The van der Waals surface area contributed by atoms with Crippen LogP contribution in [-0.4, -0.2) is 30.4 Å². The summed E-state index contributed by atoms with van der Waals surface area (Å²) < 4.78 is 11.5. The third-order valence-electron chi connectivity index (χ3n) is 3.92. The number of nitrogens with one attached hydrogen (secondary N) is 3. The fourth-order valence-electron chi connectivity index (χ4n) is 2.36. The van der Waals surface area contributed by atoms with Gasteiger partial charge in [0.05, 0.1) is 11.1 Å². The number of carbonyl (C=O) groups is 3. The van der Waals surface area contributed by atoms with E-state index in [-0.39, 0.29) is 18.7 Å². The lowest BCUT2D eigenvalue weighted by molar-refractivity contribution is -0.133. The molecule has 31 heavy (non-hydrogen) atoms. The van der Waals surface area contributed by atoms with Crippen LogP contribution in [0.25, 0.3) is 0 Å². The van der Waals surface area contributed by atoms with Gasteiger partial charge in [-0.15, -0.1) is 0 Å². The molecule has 166 valence electrons. The van der Waals surface area contributed by atoms with Gasteiger partial charge in [-0.1, -0.05) is 11.6 Å². The fourth-order valence-corrected chi connectivity index (χ4v) is 3.14. The number of carbonyl (C=O) groups excluding carboxylic acids is 3. The van der Waals surface area contributed by atoms with Crippen molar-refractivity contribution < 1.29 is 23.9 Å². The highest BCUT2D eigenvalue weighted by Crippen LogP contribution is 2.28. The van der Waals surface area contributed by atoms with E-state index in [2.05, 4.69) is 32.1 Å². The van der Waals surface area contributed by atoms with Gasteiger partial charge in [0.25, 0.3) is 5.91 Å². The first-order chi connectivity index (χ1) is 14.8. The van der Waals surface area contributed by atoms with Crippen molar-refractivity contribution in [1.82, 2.24) is 10.9 Å². The lowest BCUT2D eigenvalue weighted by Crippen LogP contribution is -2.47. The van der Waals surface area contributed by atoms with E-state index < -0.39 is 17.9 Å². The number of amides is 3. The van der Waals surface area contributed by atoms with Gasteiger partial charge in [0.2, 0.25) is 11.8 Å². The minimum Gasteiger partial charge on any atom is -0.494 e. The molecule has 0 saturated carbocycles. The second-order valence-electron chi connectivity index (χ2n) is 6.38. The van der Waals surface area contributed by atoms with Crippen LogP contribution in [-0.2, 0) is 14.4 Å². The van der Waals surface area contributed by atoms with Crippen molar-refractivity contribution in [3.8, 4) is 11.5 Å². The van der Waals surface area contributed by atoms with Crippen LogP contribution in [0.1, 0.15) is 26.7 Å². The predicted octanol–water partition coefficient (Wildman–Crippen LogP) is 3.83. The van der Waals surface area contributed by atoms with Crippen LogP contribution in [0.4, 0.5) is 5.69 Å². The standard InChI is InChI=1S/C21H23BrClN3O5/c1-3-30-16-7-5-15(6-8-16)24-19(27)10-11-20(28)25-26-21(29)13(2)31-18-9-4-14(23)12-17(18)22/h4-9,12-13H,3,10-11H2,1-2H3,(H,24,27)(H,25,28)(H,26,29). The van der Waals surface area contributed by atoms with Gasteiger partial charge >= 0.3 is 0 Å². The number of hydrogen-bond donors (Lipinski definition) is 3. The van der Waals surface area contributed by atoms with E-state index in [9.17, 15) is 14.4 Å². The van der Waals surface area contributed by atoms with E-state index in [0.29, 0.717) is 33.3 Å². The molecule has 0 saturated heterocycles. The highest BCUT2D eigenvalue weighted by atomic mass is 79.9. The van der Waals surface area contributed by atoms with Crippen LogP contribution < -0.4 is 25.6 Å². The predicted molar refractivity (Wildman–Crippen MR) is 121 cm³/mol. The summed E-state index contributed by atoms with van der Waals surface area (Å²) in [6, 6.07) is 11.8. The molecule has 2 aromatic rings. The molecule has 0 bridgehead atoms. The Morgan fingerprint density at radius 2 is 1.71 bits per heavy atom. The Balaban J connectivity index is 1.70. The van der Waals surface area contributed by atoms with Crippen LogP contribution in [0.15, 0.2) is 46.9 Å². The summed E-state index contributed by atoms with van der Waals surface area (Å²) in [4.78, 5) is 36.0. The van der Waals surface area contributed by atoms with Crippen molar-refractivity contribution in [3.05, 3.63) is 52.0 Å². The Bertz CT molecular complexity index is 924. The number of halogens is 2. The average Bonchev–Trinajstić information content (AvgIpc) is 2.74. The number of benzene rings is 2. The number of ether oxygens (including phenoxy) is 2. The summed E-state index contributed by atoms with van der Waals surface area (Å²) in [6.07, 6.45) is -1.01. The molecule has 1 unspecified atom stereocenters. The molecule has 0 aromatic heterocycles. The van der Waals surface area contributed by atoms with Gasteiger partial charge in [0.1, 0.15) is 11.5 Å². The van der Waals surface area contributed by atoms with Gasteiger partial charge in [0, 0.05) is 23.6 Å². The van der Waals surface area contributed by atoms with Crippen LogP contribution in [0.5, 0.6) is 11.5 Å². The summed E-state index contributed by atoms with van der Waals surface area (Å²) in [5.41, 5.74) is 5.14. The van der Waals surface area contributed by atoms with Gasteiger partial charge in [-0.25, -0.2) is 0 Å². The first kappa shape index (κ1) is 24.5. The SMILES string of the molecule is CCOc1ccc(NC(=O)CCC(=O)NNC(=O)C(C)Oc2ccc(Cl)cc2Br)cc1. The summed E-state index contributed by atoms with van der Waals surface area (Å²) in [5.74, 6) is -0.236. The summed E-state index contributed by atoms with van der Waals surface area (Å²) >= 11 is 9.17. The van der Waals surface area contributed by atoms with Crippen LogP contribution in [0, 0.1) is 0 Å². The largest absolute Gasteiger partial charge is 0.494 e. The minimum atomic E-state index is -0.874. The second kappa shape index (κ2) is 12.2. The van der Waals surface area contributed by atoms with Crippen molar-refractivity contribution in [3.63, 3.8) is 0 Å². The van der Waals surface area contributed by atoms with E-state index in [1.807, 2.05) is 6.92 Å². The van der Waals surface area contributed by atoms with Crippen LogP contribution in [0.2, 0.25) is 5.02 Å². The molecule has 0 aliphatic rings. The topological polar surface area (TPSA) is 106 Å². The zero-order valence-corrected chi connectivity index (χ0v) is 19.4. The van der Waals surface area contributed by atoms with Gasteiger partial charge in [-0.2, -0.15) is 0 Å². The normalized spacial score (nSPS) is 11.2. The molecule has 0 spiro atoms. The van der Waals surface area contributed by atoms with Crippen LogP contribution >= 0.6 is 27.5 Å². The molecule has 0 fully saturated rings. The number of rotatable bonds is 9. The van der Waals surface area contributed by atoms with Crippen molar-refractivity contribution in [2.24, 2.45) is 0 Å². The quantitative estimate of drug-likeness (QED) is 0.443. The lowest BCUT2D eigenvalue weighted by Gasteiger charge is -2.16. The van der Waals surface area contributed by atoms with E-state index in [1.165, 1.54) is 6.92 Å². The number of hydrogen-bond acceptors (Lipinski definition) is 5. The van der Waals surface area contributed by atoms with E-state index in [0.717, 1.165) is 0 Å². The molecule has 0 heterocycles. The van der Waals surface area contributed by atoms with Gasteiger partial charge in [-0.05, 0) is 72.2 Å². The van der Waals surface area contributed by atoms with Gasteiger partial charge in [0.15, 0.2) is 6.10 Å². The maximum Gasteiger partial charge on any atom is 0.279 e. The smallest absolute Gasteiger partial charge is 0.279 e. The molecule has 0 aliphatic carbocycles. The van der Waals surface area contributed by atoms with Gasteiger partial charge < -0.3 is 14.8 Å². The van der Waals surface area contributed by atoms with Crippen molar-refractivity contribution >= 4 is 50.9 Å². The summed E-state index contributed by atoms with van der Waals surface area (Å²) in [6.45, 7) is 3.98. The molecule has 1 atom stereocenters. The summed E-state index contributed by atoms with van der Waals surface area (Å²) in [5, 5.41) is 3.21. The molecule has 0 aliphatic heterocycles. The Morgan fingerprint density at radius 1 is 1.03 bits per heavy atom. The van der Waals surface area contributed by atoms with Crippen LogP contribution in [0.3, 0.4) is 0 Å². The molecule has 2 rings (SSSR count). The fraction of sp³-hybridized carbons (Fsp3) is 0.286. The van der Waals surface area contributed by atoms with E-state index in [4.69, 9.17) is 21.1 Å². The molecule has 10 heteroatoms. The maximum atomic E-state index is 12.1. The lowest BCUT2D eigenvalue weighted by atomic mass is 10.2. The first-order valence-electron chi connectivity index (χ1n) is 9.51.